The molecule has 0 N–H and O–H groups in total. The van der Waals surface area contributed by atoms with Crippen LogP contribution >= 0.6 is 0 Å². The van der Waals surface area contributed by atoms with Crippen LogP contribution in [0.3, 0.4) is 0 Å². The summed E-state index contributed by atoms with van der Waals surface area (Å²) < 4.78 is 59.2. The maximum atomic E-state index is 12.2. The minimum absolute atomic E-state index is 0.228. The number of hydrogen-bond donors (Lipinski definition) is 0. The molecule has 2 aliphatic rings. The first-order valence-corrected chi connectivity index (χ1v) is 13.6. The largest absolute Gasteiger partial charge is 0.300 e. The molecule has 168 valence electrons. The molecule has 29 heavy (non-hydrogen) atoms. The van der Waals surface area contributed by atoms with Gasteiger partial charge in [-0.15, -0.1) is 0 Å². The molecule has 2 saturated carbocycles. The molecule has 2 aliphatic carbocycles. The number of hydrogen-bond acceptors (Lipinski definition) is 8. The van der Waals surface area contributed by atoms with Gasteiger partial charge in [0.2, 0.25) is 0 Å². The van der Waals surface area contributed by atoms with Crippen LogP contribution in [0, 0.1) is 0 Å². The molecule has 0 radical (unpaired) electrons. The number of rotatable bonds is 12. The molecule has 2 rings (SSSR count). The van der Waals surface area contributed by atoms with E-state index in [4.69, 9.17) is 8.37 Å². The fourth-order valence-corrected chi connectivity index (χ4v) is 6.77. The van der Waals surface area contributed by atoms with Crippen molar-refractivity contribution in [1.82, 2.24) is 0 Å². The Morgan fingerprint density at radius 1 is 0.586 bits per heavy atom. The van der Waals surface area contributed by atoms with Crippen LogP contribution in [-0.2, 0) is 38.2 Å². The van der Waals surface area contributed by atoms with E-state index < -0.39 is 31.4 Å². The summed E-state index contributed by atoms with van der Waals surface area (Å²) in [4.78, 5) is 22.7. The molecule has 0 aromatic rings. The van der Waals surface area contributed by atoms with Crippen molar-refractivity contribution in [2.45, 2.75) is 94.7 Å². The number of unbranched alkanes of at least 4 members (excludes halogenated alkanes) is 2. The number of carbonyl (C=O) groups excluding carboxylic acids is 2. The molecule has 0 unspecified atom stereocenters. The van der Waals surface area contributed by atoms with E-state index >= 15 is 0 Å². The third-order valence-electron chi connectivity index (χ3n) is 5.70. The minimum Gasteiger partial charge on any atom is -0.300 e. The third kappa shape index (κ3) is 7.73. The average molecular weight is 453 g/mol. The van der Waals surface area contributed by atoms with E-state index in [9.17, 15) is 26.4 Å². The Morgan fingerprint density at radius 3 is 1.24 bits per heavy atom. The van der Waals surface area contributed by atoms with Gasteiger partial charge in [0.05, 0.1) is 11.5 Å². The lowest BCUT2D eigenvalue weighted by Gasteiger charge is -2.31. The van der Waals surface area contributed by atoms with Gasteiger partial charge in [0, 0.05) is 0 Å². The SMILES string of the molecule is O=CC1(OS(=O)(=O)CCCCCS(=O)(=O)OC2(C=O)CCCCC2)CCCCC1. The maximum absolute atomic E-state index is 12.2. The van der Waals surface area contributed by atoms with E-state index in [0.717, 1.165) is 38.5 Å². The van der Waals surface area contributed by atoms with Gasteiger partial charge >= 0.3 is 0 Å². The Bertz CT molecular complexity index is 681. The van der Waals surface area contributed by atoms with Gasteiger partial charge < -0.3 is 9.59 Å². The average Bonchev–Trinajstić information content (AvgIpc) is 2.68. The minimum atomic E-state index is -3.86. The Balaban J connectivity index is 1.75. The summed E-state index contributed by atoms with van der Waals surface area (Å²) in [5.41, 5.74) is -2.48. The van der Waals surface area contributed by atoms with E-state index in [-0.39, 0.29) is 24.3 Å². The molecule has 8 nitrogen and oxygen atoms in total. The third-order valence-corrected chi connectivity index (χ3v) is 8.45. The van der Waals surface area contributed by atoms with Crippen LogP contribution in [0.2, 0.25) is 0 Å². The van der Waals surface area contributed by atoms with Crippen molar-refractivity contribution in [2.24, 2.45) is 0 Å². The summed E-state index contributed by atoms with van der Waals surface area (Å²) in [7, 11) is -7.72. The Labute approximate surface area is 174 Å². The van der Waals surface area contributed by atoms with Gasteiger partial charge in [-0.05, 0) is 38.5 Å². The molecule has 0 amide bonds. The zero-order chi connectivity index (χ0) is 21.4. The van der Waals surface area contributed by atoms with Crippen LogP contribution in [0.15, 0.2) is 0 Å². The van der Waals surface area contributed by atoms with Crippen LogP contribution in [0.5, 0.6) is 0 Å². The van der Waals surface area contributed by atoms with Crippen molar-refractivity contribution in [3.63, 3.8) is 0 Å². The second-order valence-electron chi connectivity index (χ2n) is 8.24. The predicted octanol–water partition coefficient (Wildman–Crippen LogP) is 2.65. The van der Waals surface area contributed by atoms with Crippen LogP contribution in [0.25, 0.3) is 0 Å². The second kappa shape index (κ2) is 10.5. The van der Waals surface area contributed by atoms with E-state index in [2.05, 4.69) is 0 Å². The van der Waals surface area contributed by atoms with Gasteiger partial charge in [0.1, 0.15) is 11.2 Å². The van der Waals surface area contributed by atoms with Gasteiger partial charge in [-0.2, -0.15) is 16.8 Å². The van der Waals surface area contributed by atoms with E-state index in [1.807, 2.05) is 0 Å². The molecule has 0 atom stereocenters. The van der Waals surface area contributed by atoms with Gasteiger partial charge in [0.15, 0.2) is 12.6 Å². The van der Waals surface area contributed by atoms with Gasteiger partial charge in [0.25, 0.3) is 20.2 Å². The molecule has 0 aliphatic heterocycles. The number of aldehydes is 2. The molecule has 0 aromatic heterocycles. The van der Waals surface area contributed by atoms with Crippen molar-refractivity contribution >= 4 is 32.8 Å². The van der Waals surface area contributed by atoms with Gasteiger partial charge in [-0.3, -0.25) is 8.37 Å². The topological polar surface area (TPSA) is 121 Å². The maximum Gasteiger partial charge on any atom is 0.268 e. The normalized spacial score (nSPS) is 22.1. The van der Waals surface area contributed by atoms with Crippen molar-refractivity contribution < 1.29 is 34.8 Å². The molecule has 0 spiro atoms. The highest BCUT2D eigenvalue weighted by Crippen LogP contribution is 2.32. The smallest absolute Gasteiger partial charge is 0.268 e. The van der Waals surface area contributed by atoms with Crippen LogP contribution in [-0.4, -0.2) is 52.1 Å². The lowest BCUT2D eigenvalue weighted by molar-refractivity contribution is -0.124. The van der Waals surface area contributed by atoms with Crippen molar-refractivity contribution in [3.8, 4) is 0 Å². The van der Waals surface area contributed by atoms with Crippen molar-refractivity contribution in [3.05, 3.63) is 0 Å². The monoisotopic (exact) mass is 452 g/mol. The summed E-state index contributed by atoms with van der Waals surface area (Å²) in [6, 6.07) is 0. The lowest BCUT2D eigenvalue weighted by atomic mass is 9.86. The fourth-order valence-electron chi connectivity index (χ4n) is 4.07. The van der Waals surface area contributed by atoms with Crippen LogP contribution in [0.4, 0.5) is 0 Å². The first-order chi connectivity index (χ1) is 13.7. The Kier molecular flexibility index (Phi) is 8.81. The van der Waals surface area contributed by atoms with Gasteiger partial charge in [-0.1, -0.05) is 44.9 Å². The summed E-state index contributed by atoms with van der Waals surface area (Å²) in [6.07, 6.45) is 8.59. The van der Waals surface area contributed by atoms with Crippen LogP contribution in [0.1, 0.15) is 83.5 Å². The molecule has 0 heterocycles. The molecule has 10 heteroatoms. The summed E-state index contributed by atoms with van der Waals surface area (Å²) in [5.74, 6) is -0.524. The first-order valence-electron chi connectivity index (χ1n) is 10.4. The quantitative estimate of drug-likeness (QED) is 0.252. The van der Waals surface area contributed by atoms with Crippen molar-refractivity contribution in [2.75, 3.05) is 11.5 Å². The fraction of sp³-hybridized carbons (Fsp3) is 0.895. The highest BCUT2D eigenvalue weighted by Gasteiger charge is 2.38. The molecule has 2 fully saturated rings. The molecule has 0 saturated heterocycles. The first kappa shape index (κ1) is 24.4. The van der Waals surface area contributed by atoms with Gasteiger partial charge in [-0.25, -0.2) is 0 Å². The predicted molar refractivity (Wildman–Crippen MR) is 107 cm³/mol. The standard InChI is InChI=1S/C19H32O8S2/c20-16-18(10-4-1-5-11-18)26-28(22,23)14-8-3-9-15-29(24,25)27-19(17-21)12-6-2-7-13-19/h16-17H,1-15H2. The highest BCUT2D eigenvalue weighted by atomic mass is 32.2. The Hall–Kier alpha value is -0.840. The van der Waals surface area contributed by atoms with E-state index in [0.29, 0.717) is 44.7 Å². The second-order valence-corrected chi connectivity index (χ2v) is 11.6. The van der Waals surface area contributed by atoms with Crippen LogP contribution < -0.4 is 0 Å². The van der Waals surface area contributed by atoms with Crippen molar-refractivity contribution in [1.29, 1.82) is 0 Å². The number of carbonyl (C=O) groups is 2. The summed E-state index contributed by atoms with van der Waals surface area (Å²) >= 11 is 0. The zero-order valence-electron chi connectivity index (χ0n) is 16.8. The Morgan fingerprint density at radius 2 is 0.931 bits per heavy atom. The molecular formula is C19H32O8S2. The van der Waals surface area contributed by atoms with E-state index in [1.165, 1.54) is 0 Å². The lowest BCUT2D eigenvalue weighted by Crippen LogP contribution is -2.39. The molecule has 0 aromatic carbocycles. The summed E-state index contributed by atoms with van der Waals surface area (Å²) in [5, 5.41) is 0. The molecule has 0 bridgehead atoms. The highest BCUT2D eigenvalue weighted by molar-refractivity contribution is 7.87. The summed E-state index contributed by atoms with van der Waals surface area (Å²) in [6.45, 7) is 0. The molecular weight excluding hydrogens is 420 g/mol. The zero-order valence-corrected chi connectivity index (χ0v) is 18.5. The van der Waals surface area contributed by atoms with E-state index in [1.54, 1.807) is 0 Å².